The third-order valence-electron chi connectivity index (χ3n) is 3.05. The van der Waals surface area contributed by atoms with E-state index in [2.05, 4.69) is 5.32 Å². The van der Waals surface area contributed by atoms with Crippen molar-refractivity contribution < 1.29 is 9.72 Å². The molecule has 2 rings (SSSR count). The molecule has 0 saturated heterocycles. The fourth-order valence-corrected chi connectivity index (χ4v) is 2.67. The van der Waals surface area contributed by atoms with Gasteiger partial charge in [-0.05, 0) is 18.1 Å². The molecule has 6 heteroatoms. The van der Waals surface area contributed by atoms with Crippen LogP contribution in [0.4, 0.5) is 11.4 Å². The summed E-state index contributed by atoms with van der Waals surface area (Å²) in [7, 11) is 0. The molecule has 0 radical (unpaired) electrons. The lowest BCUT2D eigenvalue weighted by Gasteiger charge is -2.08. The predicted molar refractivity (Wildman–Crippen MR) is 89.1 cm³/mol. The Kier molecular flexibility index (Phi) is 5.55. The highest BCUT2D eigenvalue weighted by Crippen LogP contribution is 2.22. The minimum Gasteiger partial charge on any atom is -0.325 e. The molecule has 0 unspecified atom stereocenters. The molecule has 5 nitrogen and oxygen atoms in total. The normalized spacial score (nSPS) is 10.2. The van der Waals surface area contributed by atoms with Gasteiger partial charge in [0.2, 0.25) is 5.91 Å². The highest BCUT2D eigenvalue weighted by Gasteiger charge is 2.11. The average molecular weight is 316 g/mol. The Morgan fingerprint density at radius 3 is 2.64 bits per heavy atom. The number of anilines is 1. The lowest BCUT2D eigenvalue weighted by molar-refractivity contribution is -0.384. The fraction of sp³-hybridized carbons (Fsp3) is 0.188. The SMILES string of the molecule is Cc1ccc([N+](=O)[O-])cc1NC(=O)CSCc1ccccc1. The van der Waals surface area contributed by atoms with Crippen molar-refractivity contribution in [3.8, 4) is 0 Å². The largest absolute Gasteiger partial charge is 0.325 e. The number of amides is 1. The van der Waals surface area contributed by atoms with Gasteiger partial charge in [0.15, 0.2) is 0 Å². The molecule has 0 saturated carbocycles. The Hall–Kier alpha value is -2.34. The first-order valence-electron chi connectivity index (χ1n) is 6.73. The van der Waals surface area contributed by atoms with Crippen molar-refractivity contribution in [3.63, 3.8) is 0 Å². The molecule has 22 heavy (non-hydrogen) atoms. The minimum atomic E-state index is -0.473. The summed E-state index contributed by atoms with van der Waals surface area (Å²) in [6.07, 6.45) is 0. The number of non-ortho nitro benzene ring substituents is 1. The first-order chi connectivity index (χ1) is 10.6. The van der Waals surface area contributed by atoms with Crippen LogP contribution in [0.5, 0.6) is 0 Å². The monoisotopic (exact) mass is 316 g/mol. The molecule has 0 aromatic heterocycles. The average Bonchev–Trinajstić information content (AvgIpc) is 2.50. The zero-order valence-corrected chi connectivity index (χ0v) is 12.9. The summed E-state index contributed by atoms with van der Waals surface area (Å²) in [5.74, 6) is 0.892. The van der Waals surface area contributed by atoms with E-state index in [0.29, 0.717) is 11.4 Å². The highest BCUT2D eigenvalue weighted by molar-refractivity contribution is 7.99. The second kappa shape index (κ2) is 7.61. The van der Waals surface area contributed by atoms with Gasteiger partial charge in [-0.2, -0.15) is 0 Å². The van der Waals surface area contributed by atoms with Gasteiger partial charge in [-0.25, -0.2) is 0 Å². The lowest BCUT2D eigenvalue weighted by Crippen LogP contribution is -2.15. The van der Waals surface area contributed by atoms with Crippen LogP contribution in [0.15, 0.2) is 48.5 Å². The van der Waals surface area contributed by atoms with Gasteiger partial charge < -0.3 is 5.32 Å². The van der Waals surface area contributed by atoms with E-state index in [-0.39, 0.29) is 11.6 Å². The van der Waals surface area contributed by atoms with Gasteiger partial charge >= 0.3 is 0 Å². The Bertz CT molecular complexity index is 674. The highest BCUT2D eigenvalue weighted by atomic mass is 32.2. The summed E-state index contributed by atoms with van der Waals surface area (Å²) in [5, 5.41) is 13.5. The molecule has 1 N–H and O–H groups in total. The minimum absolute atomic E-state index is 0.0298. The second-order valence-corrected chi connectivity index (χ2v) is 5.77. The first-order valence-corrected chi connectivity index (χ1v) is 7.88. The molecule has 0 aliphatic carbocycles. The van der Waals surface area contributed by atoms with Crippen molar-refractivity contribution in [2.75, 3.05) is 11.1 Å². The van der Waals surface area contributed by atoms with E-state index in [1.54, 1.807) is 13.0 Å². The van der Waals surface area contributed by atoms with Gasteiger partial charge in [0.1, 0.15) is 0 Å². The van der Waals surface area contributed by atoms with Crippen LogP contribution >= 0.6 is 11.8 Å². The quantitative estimate of drug-likeness (QED) is 0.650. The number of carbonyl (C=O) groups is 1. The van der Waals surface area contributed by atoms with Crippen LogP contribution < -0.4 is 5.32 Å². The summed E-state index contributed by atoms with van der Waals surface area (Å²) in [5.41, 5.74) is 2.41. The lowest BCUT2D eigenvalue weighted by atomic mass is 10.2. The maximum absolute atomic E-state index is 11.9. The van der Waals surface area contributed by atoms with E-state index < -0.39 is 4.92 Å². The number of nitro benzene ring substituents is 1. The summed E-state index contributed by atoms with van der Waals surface area (Å²) in [4.78, 5) is 22.2. The summed E-state index contributed by atoms with van der Waals surface area (Å²) >= 11 is 1.50. The van der Waals surface area contributed by atoms with E-state index in [9.17, 15) is 14.9 Å². The molecule has 2 aromatic carbocycles. The number of hydrogen-bond acceptors (Lipinski definition) is 4. The van der Waals surface area contributed by atoms with Gasteiger partial charge in [-0.15, -0.1) is 11.8 Å². The number of thioether (sulfide) groups is 1. The maximum Gasteiger partial charge on any atom is 0.271 e. The number of carbonyl (C=O) groups excluding carboxylic acids is 1. The van der Waals surface area contributed by atoms with E-state index in [4.69, 9.17) is 0 Å². The number of nitrogens with one attached hydrogen (secondary N) is 1. The molecule has 0 fully saturated rings. The Morgan fingerprint density at radius 1 is 1.23 bits per heavy atom. The van der Waals surface area contributed by atoms with Crippen molar-refractivity contribution >= 4 is 29.0 Å². The topological polar surface area (TPSA) is 72.2 Å². The van der Waals surface area contributed by atoms with Crippen molar-refractivity contribution in [1.82, 2.24) is 0 Å². The van der Waals surface area contributed by atoms with Crippen LogP contribution in [-0.4, -0.2) is 16.6 Å². The van der Waals surface area contributed by atoms with Crippen LogP contribution in [0.3, 0.4) is 0 Å². The van der Waals surface area contributed by atoms with Gasteiger partial charge in [-0.1, -0.05) is 36.4 Å². The smallest absolute Gasteiger partial charge is 0.271 e. The summed E-state index contributed by atoms with van der Waals surface area (Å²) in [6, 6.07) is 14.3. The van der Waals surface area contributed by atoms with Crippen molar-refractivity contribution in [2.45, 2.75) is 12.7 Å². The Morgan fingerprint density at radius 2 is 1.95 bits per heavy atom. The molecule has 0 aliphatic heterocycles. The molecule has 1 amide bonds. The van der Waals surface area contributed by atoms with Gasteiger partial charge in [0, 0.05) is 17.9 Å². The van der Waals surface area contributed by atoms with Crippen LogP contribution in [-0.2, 0) is 10.5 Å². The predicted octanol–water partition coefficient (Wildman–Crippen LogP) is 3.78. The van der Waals surface area contributed by atoms with Crippen LogP contribution in [0.2, 0.25) is 0 Å². The summed E-state index contributed by atoms with van der Waals surface area (Å²) < 4.78 is 0. The standard InChI is InChI=1S/C16H16N2O3S/c1-12-7-8-14(18(20)21)9-15(12)17-16(19)11-22-10-13-5-3-2-4-6-13/h2-9H,10-11H2,1H3,(H,17,19). The molecule has 0 aliphatic rings. The number of hydrogen-bond donors (Lipinski definition) is 1. The molecular weight excluding hydrogens is 300 g/mol. The van der Waals surface area contributed by atoms with Gasteiger partial charge in [0.05, 0.1) is 16.4 Å². The third-order valence-corrected chi connectivity index (χ3v) is 4.05. The molecular formula is C16H16N2O3S. The molecule has 114 valence electrons. The Balaban J connectivity index is 1.89. The maximum atomic E-state index is 11.9. The zero-order valence-electron chi connectivity index (χ0n) is 12.1. The van der Waals surface area contributed by atoms with Gasteiger partial charge in [-0.3, -0.25) is 14.9 Å². The third kappa shape index (κ3) is 4.60. The van der Waals surface area contributed by atoms with Crippen molar-refractivity contribution in [3.05, 3.63) is 69.8 Å². The molecule has 0 atom stereocenters. The van der Waals surface area contributed by atoms with Crippen LogP contribution in [0, 0.1) is 17.0 Å². The number of aryl methyl sites for hydroxylation is 1. The fourth-order valence-electron chi connectivity index (χ4n) is 1.88. The van der Waals surface area contributed by atoms with E-state index >= 15 is 0 Å². The van der Waals surface area contributed by atoms with E-state index in [0.717, 1.165) is 16.9 Å². The van der Waals surface area contributed by atoms with Crippen LogP contribution in [0.25, 0.3) is 0 Å². The van der Waals surface area contributed by atoms with Crippen molar-refractivity contribution in [2.24, 2.45) is 0 Å². The molecule has 0 heterocycles. The number of nitrogens with zero attached hydrogens (tertiary/aromatic N) is 1. The van der Waals surface area contributed by atoms with Crippen molar-refractivity contribution in [1.29, 1.82) is 0 Å². The number of nitro groups is 1. The van der Waals surface area contributed by atoms with Gasteiger partial charge in [0.25, 0.3) is 5.69 Å². The first kappa shape index (κ1) is 16.0. The zero-order chi connectivity index (χ0) is 15.9. The number of benzene rings is 2. The molecule has 0 spiro atoms. The van der Waals surface area contributed by atoms with Crippen LogP contribution in [0.1, 0.15) is 11.1 Å². The van der Waals surface area contributed by atoms with E-state index in [1.807, 2.05) is 30.3 Å². The Labute approximate surface area is 132 Å². The molecule has 2 aromatic rings. The second-order valence-electron chi connectivity index (χ2n) is 4.78. The summed E-state index contributed by atoms with van der Waals surface area (Å²) in [6.45, 7) is 1.80. The molecule has 0 bridgehead atoms. The van der Waals surface area contributed by atoms with E-state index in [1.165, 1.54) is 23.9 Å². The number of rotatable bonds is 6.